The summed E-state index contributed by atoms with van der Waals surface area (Å²) in [7, 11) is 1.75. The van der Waals surface area contributed by atoms with Crippen LogP contribution in [0.4, 0.5) is 0 Å². The zero-order valence-corrected chi connectivity index (χ0v) is 12.5. The molecule has 0 spiro atoms. The molecule has 0 atom stereocenters. The number of ether oxygens (including phenoxy) is 2. The van der Waals surface area contributed by atoms with Gasteiger partial charge in [-0.25, -0.2) is 0 Å². The molecular weight excluding hydrogens is 214 g/mol. The van der Waals surface area contributed by atoms with E-state index in [1.807, 2.05) is 13.8 Å². The van der Waals surface area contributed by atoms with Crippen LogP contribution in [-0.2, 0) is 9.47 Å². The summed E-state index contributed by atoms with van der Waals surface area (Å²) in [6, 6.07) is 0. The van der Waals surface area contributed by atoms with Gasteiger partial charge in [-0.1, -0.05) is 33.6 Å². The van der Waals surface area contributed by atoms with Gasteiger partial charge in [0, 0.05) is 7.05 Å². The van der Waals surface area contributed by atoms with Gasteiger partial charge in [0.05, 0.1) is 13.2 Å². The Morgan fingerprint density at radius 3 is 1.76 bits per heavy atom. The fourth-order valence-corrected chi connectivity index (χ4v) is 0.894. The van der Waals surface area contributed by atoms with Crippen LogP contribution in [0.2, 0.25) is 0 Å². The molecule has 17 heavy (non-hydrogen) atoms. The van der Waals surface area contributed by atoms with Crippen molar-refractivity contribution in [3.8, 4) is 0 Å². The normalized spacial score (nSPS) is 16.2. The monoisotopic (exact) mass is 245 g/mol. The van der Waals surface area contributed by atoms with Crippen molar-refractivity contribution in [1.29, 1.82) is 0 Å². The van der Waals surface area contributed by atoms with Crippen LogP contribution in [0.1, 0.15) is 53.9 Å². The summed E-state index contributed by atoms with van der Waals surface area (Å²) in [5.41, 5.74) is 0. The third-order valence-electron chi connectivity index (χ3n) is 2.65. The molecule has 1 saturated heterocycles. The lowest BCUT2D eigenvalue weighted by Crippen LogP contribution is -2.21. The molecule has 0 unspecified atom stereocenters. The molecular formula is C14H31NO2. The third kappa shape index (κ3) is 18.2. The topological polar surface area (TPSA) is 30.8 Å². The minimum Gasteiger partial charge on any atom is -0.353 e. The molecule has 0 aromatic rings. The minimum atomic E-state index is 0.0359. The Labute approximate surface area is 108 Å². The van der Waals surface area contributed by atoms with E-state index in [1.165, 1.54) is 12.8 Å². The third-order valence-corrected chi connectivity index (χ3v) is 2.65. The first-order valence-electron chi connectivity index (χ1n) is 6.72. The molecule has 1 rings (SSSR count). The summed E-state index contributed by atoms with van der Waals surface area (Å²) in [6.07, 6.45) is 5.49. The highest BCUT2D eigenvalue weighted by Gasteiger charge is 2.05. The van der Waals surface area contributed by atoms with Crippen LogP contribution in [0, 0.1) is 5.92 Å². The van der Waals surface area contributed by atoms with Crippen molar-refractivity contribution in [3.63, 3.8) is 0 Å². The van der Waals surface area contributed by atoms with E-state index in [4.69, 9.17) is 9.47 Å². The van der Waals surface area contributed by atoms with Crippen LogP contribution in [0.3, 0.4) is 0 Å². The second kappa shape index (κ2) is 15.6. The maximum Gasteiger partial charge on any atom is 0.154 e. The Morgan fingerprint density at radius 2 is 1.65 bits per heavy atom. The highest BCUT2D eigenvalue weighted by atomic mass is 16.7. The van der Waals surface area contributed by atoms with E-state index < -0.39 is 0 Å². The molecule has 1 aliphatic rings. The maximum atomic E-state index is 5.06. The van der Waals surface area contributed by atoms with E-state index in [2.05, 4.69) is 25.8 Å². The van der Waals surface area contributed by atoms with E-state index >= 15 is 0 Å². The van der Waals surface area contributed by atoms with Crippen molar-refractivity contribution in [2.24, 2.45) is 10.9 Å². The summed E-state index contributed by atoms with van der Waals surface area (Å²) >= 11 is 0. The van der Waals surface area contributed by atoms with Crippen molar-refractivity contribution < 1.29 is 9.47 Å². The first-order valence-corrected chi connectivity index (χ1v) is 6.72. The van der Waals surface area contributed by atoms with Crippen molar-refractivity contribution in [2.45, 2.75) is 60.2 Å². The zero-order chi connectivity index (χ0) is 13.5. The first-order chi connectivity index (χ1) is 8.12. The fourth-order valence-electron chi connectivity index (χ4n) is 0.894. The molecule has 0 amide bonds. The number of hydrogen-bond donors (Lipinski definition) is 0. The predicted octanol–water partition coefficient (Wildman–Crippen LogP) is 3.92. The second-order valence-electron chi connectivity index (χ2n) is 4.10. The van der Waals surface area contributed by atoms with Crippen LogP contribution in [0.5, 0.6) is 0 Å². The van der Waals surface area contributed by atoms with Crippen molar-refractivity contribution in [3.05, 3.63) is 0 Å². The van der Waals surface area contributed by atoms with E-state index in [0.717, 1.165) is 25.6 Å². The smallest absolute Gasteiger partial charge is 0.154 e. The van der Waals surface area contributed by atoms with E-state index in [0.29, 0.717) is 0 Å². The lowest BCUT2D eigenvalue weighted by molar-refractivity contribution is -0.167. The van der Waals surface area contributed by atoms with Gasteiger partial charge in [0.1, 0.15) is 0 Å². The highest BCUT2D eigenvalue weighted by Crippen LogP contribution is 2.03. The van der Waals surface area contributed by atoms with Gasteiger partial charge in [-0.05, 0) is 32.4 Å². The molecule has 0 aromatic heterocycles. The van der Waals surface area contributed by atoms with Crippen LogP contribution >= 0.6 is 0 Å². The summed E-state index contributed by atoms with van der Waals surface area (Å²) in [4.78, 5) is 3.61. The summed E-state index contributed by atoms with van der Waals surface area (Å²) in [5.74, 6) is 0.935. The summed E-state index contributed by atoms with van der Waals surface area (Å²) in [6.45, 7) is 12.3. The second-order valence-corrected chi connectivity index (χ2v) is 4.10. The predicted molar refractivity (Wildman–Crippen MR) is 75.8 cm³/mol. The average molecular weight is 245 g/mol. The Bertz CT molecular complexity index is 146. The zero-order valence-electron chi connectivity index (χ0n) is 12.5. The summed E-state index contributed by atoms with van der Waals surface area (Å²) < 4.78 is 10.1. The average Bonchev–Trinajstić information content (AvgIpc) is 2.39. The Morgan fingerprint density at radius 1 is 1.24 bits per heavy atom. The molecule has 3 heteroatoms. The van der Waals surface area contributed by atoms with Gasteiger partial charge >= 0.3 is 0 Å². The van der Waals surface area contributed by atoms with Gasteiger partial charge in [-0.15, -0.1) is 0 Å². The van der Waals surface area contributed by atoms with Gasteiger partial charge in [-0.3, -0.25) is 0 Å². The standard InChI is InChI=1S/C6H14.C5H10O2.C3H7N/c1-4-6(3)5-2;1-5-6-3-2-4-7-5;1-3-4-2/h6H,4-5H2,1-3H3;5H,2-4H2,1H3;3H,1-2H3. The highest BCUT2D eigenvalue weighted by molar-refractivity contribution is 5.52. The number of nitrogens with zero attached hydrogens (tertiary/aromatic N) is 1. The molecule has 1 heterocycles. The molecule has 1 aliphatic heterocycles. The molecule has 0 bridgehead atoms. The van der Waals surface area contributed by atoms with Crippen molar-refractivity contribution in [2.75, 3.05) is 20.3 Å². The number of aliphatic imine (C=N–C) groups is 1. The van der Waals surface area contributed by atoms with Gasteiger partial charge in [0.25, 0.3) is 0 Å². The Kier molecular flexibility index (Phi) is 17.4. The molecule has 1 fully saturated rings. The summed E-state index contributed by atoms with van der Waals surface area (Å²) in [5, 5.41) is 0. The number of rotatable bonds is 2. The van der Waals surface area contributed by atoms with Crippen LogP contribution in [0.25, 0.3) is 0 Å². The minimum absolute atomic E-state index is 0.0359. The van der Waals surface area contributed by atoms with Gasteiger partial charge in [0.2, 0.25) is 0 Å². The quantitative estimate of drug-likeness (QED) is 0.690. The first kappa shape index (κ1) is 18.9. The SMILES string of the molecule is CC1OCCCO1.CC=NC.CCC(C)CC. The van der Waals surface area contributed by atoms with Crippen LogP contribution in [-0.4, -0.2) is 32.8 Å². The van der Waals surface area contributed by atoms with Gasteiger partial charge in [-0.2, -0.15) is 0 Å². The molecule has 0 aromatic carbocycles. The van der Waals surface area contributed by atoms with E-state index in [-0.39, 0.29) is 6.29 Å². The largest absolute Gasteiger partial charge is 0.353 e. The molecule has 104 valence electrons. The van der Waals surface area contributed by atoms with Crippen molar-refractivity contribution >= 4 is 6.21 Å². The molecule has 3 nitrogen and oxygen atoms in total. The van der Waals surface area contributed by atoms with E-state index in [1.54, 1.807) is 13.3 Å². The lowest BCUT2D eigenvalue weighted by atomic mass is 10.1. The van der Waals surface area contributed by atoms with Gasteiger partial charge in [0.15, 0.2) is 6.29 Å². The van der Waals surface area contributed by atoms with Crippen molar-refractivity contribution in [1.82, 2.24) is 0 Å². The molecule has 0 N–H and O–H groups in total. The number of hydrogen-bond acceptors (Lipinski definition) is 3. The van der Waals surface area contributed by atoms with Gasteiger partial charge < -0.3 is 14.5 Å². The molecule has 0 radical (unpaired) electrons. The maximum absolute atomic E-state index is 5.06. The van der Waals surface area contributed by atoms with Crippen LogP contribution < -0.4 is 0 Å². The fraction of sp³-hybridized carbons (Fsp3) is 0.929. The molecule has 0 aliphatic carbocycles. The Hall–Kier alpha value is -0.410. The lowest BCUT2D eigenvalue weighted by Gasteiger charge is -2.18. The molecule has 0 saturated carbocycles. The Balaban J connectivity index is 0. The van der Waals surface area contributed by atoms with Crippen LogP contribution in [0.15, 0.2) is 4.99 Å². The van der Waals surface area contributed by atoms with E-state index in [9.17, 15) is 0 Å².